The van der Waals surface area contributed by atoms with Crippen molar-refractivity contribution in [3.8, 4) is 11.5 Å². The Kier molecular flexibility index (Phi) is 2.44. The van der Waals surface area contributed by atoms with E-state index in [4.69, 9.17) is 40.5 Å². The normalized spacial score (nSPS) is 52.4. The molecule has 6 nitrogen and oxygen atoms in total. The van der Waals surface area contributed by atoms with Crippen LogP contribution in [0.4, 0.5) is 0 Å². The van der Waals surface area contributed by atoms with Gasteiger partial charge >= 0.3 is 5.97 Å². The summed E-state index contributed by atoms with van der Waals surface area (Å²) in [6, 6.07) is -6.98. The number of ether oxygens (including phenoxy) is 3. The zero-order valence-corrected chi connectivity index (χ0v) is 16.6. The van der Waals surface area contributed by atoms with Crippen LogP contribution in [0.25, 0.3) is 0 Å². The van der Waals surface area contributed by atoms with Gasteiger partial charge in [0.05, 0.1) is 22.4 Å². The van der Waals surface area contributed by atoms with Crippen LogP contribution in [0.2, 0.25) is 0 Å². The van der Waals surface area contributed by atoms with E-state index in [1.807, 2.05) is 0 Å². The summed E-state index contributed by atoms with van der Waals surface area (Å²) in [4.78, 5) is 13.5. The van der Waals surface area contributed by atoms with E-state index < -0.39 is 117 Å². The summed E-state index contributed by atoms with van der Waals surface area (Å²) in [6.45, 7) is -13.4. The van der Waals surface area contributed by atoms with Gasteiger partial charge in [-0.25, -0.2) is 0 Å². The molecule has 0 aliphatic carbocycles. The number of piperidine rings is 1. The van der Waals surface area contributed by atoms with E-state index in [9.17, 15) is 14.4 Å². The van der Waals surface area contributed by atoms with Crippen molar-refractivity contribution in [2.24, 2.45) is 23.4 Å². The van der Waals surface area contributed by atoms with E-state index in [2.05, 4.69) is 0 Å². The van der Waals surface area contributed by atoms with E-state index in [0.29, 0.717) is 12.1 Å². The van der Waals surface area contributed by atoms with Gasteiger partial charge in [0.25, 0.3) is 0 Å². The molecule has 0 spiro atoms. The second kappa shape index (κ2) is 9.56. The van der Waals surface area contributed by atoms with E-state index in [-0.39, 0.29) is 4.90 Å². The molecule has 2 aliphatic rings. The Labute approximate surface area is 211 Å². The molecule has 3 unspecified atom stereocenters. The molecule has 0 radical (unpaired) electrons. The number of methoxy groups -OCH3 is 2. The Morgan fingerprint density at radius 2 is 2.17 bits per heavy atom. The van der Waals surface area contributed by atoms with Crippen LogP contribution in [-0.4, -0.2) is 50.1 Å². The molecule has 168 valence electrons. The lowest BCUT2D eigenvalue weighted by atomic mass is 9.79. The highest BCUT2D eigenvalue weighted by Crippen LogP contribution is 2.44. The number of carbonyl (C=O) groups excluding carboxylic acids is 1. The van der Waals surface area contributed by atoms with E-state index in [0.717, 1.165) is 7.11 Å². The first-order valence-electron chi connectivity index (χ1n) is 19.9. The minimum atomic E-state index is -4.28. The van der Waals surface area contributed by atoms with Gasteiger partial charge in [-0.15, -0.1) is 0 Å². The fourth-order valence-corrected chi connectivity index (χ4v) is 2.85. The van der Waals surface area contributed by atoms with E-state index in [1.165, 1.54) is 13.8 Å². The Balaban J connectivity index is 2.60. The van der Waals surface area contributed by atoms with Crippen LogP contribution in [-0.2, 0) is 15.9 Å². The SMILES string of the molecule is [2H]C([2H])([2H])Oc1cc2c(cc1OC)C([2H])([2H])C([2H])([2H])N1C([2H])([2H])C([2H])(CC(C)C)C([2H])(OC(=O)[C@@]([2H])(N)C([2H])(C([2H])([2H])[2H])C([2H])([2H])[2H])C([2H])([2H])C21[2H]. The number of rotatable bonds is 7. The number of hydrogen-bond donors (Lipinski definition) is 1. The van der Waals surface area contributed by atoms with Crippen LogP contribution < -0.4 is 15.2 Å². The van der Waals surface area contributed by atoms with Crippen molar-refractivity contribution < 1.29 is 49.2 Å². The van der Waals surface area contributed by atoms with Crippen LogP contribution in [0.1, 0.15) is 87.6 Å². The fraction of sp³-hybridized carbons (Fsp3) is 0.708. The highest BCUT2D eigenvalue weighted by molar-refractivity contribution is 5.76. The zero-order chi connectivity index (χ0) is 41.3. The van der Waals surface area contributed by atoms with E-state index >= 15 is 0 Å². The summed E-state index contributed by atoms with van der Waals surface area (Å²) in [6.07, 6.45) is -13.0. The Hall–Kier alpha value is -1.79. The molecule has 1 saturated heterocycles. The zero-order valence-electron chi connectivity index (χ0n) is 38.6. The Bertz CT molecular complexity index is 1580. The van der Waals surface area contributed by atoms with Gasteiger partial charge in [0.1, 0.15) is 12.1 Å². The number of nitrogens with two attached hydrogens (primary N) is 1. The summed E-state index contributed by atoms with van der Waals surface area (Å²) in [5, 5.41) is 0. The maximum atomic E-state index is 13.8. The second-order valence-corrected chi connectivity index (χ2v) is 6.89. The van der Waals surface area contributed by atoms with Crippen molar-refractivity contribution in [3.63, 3.8) is 0 Å². The fourth-order valence-electron chi connectivity index (χ4n) is 2.85. The quantitative estimate of drug-likeness (QED) is 0.654. The van der Waals surface area contributed by atoms with Crippen LogP contribution in [0, 0.1) is 17.7 Å². The van der Waals surface area contributed by atoms with Gasteiger partial charge in [0.15, 0.2) is 11.5 Å². The lowest BCUT2D eigenvalue weighted by Gasteiger charge is -2.47. The molecule has 1 aromatic rings. The van der Waals surface area contributed by atoms with Crippen molar-refractivity contribution in [2.45, 2.75) is 64.8 Å². The molecular weight excluding hydrogens is 380 g/mol. The predicted molar refractivity (Wildman–Crippen MR) is 118 cm³/mol. The first-order valence-corrected chi connectivity index (χ1v) is 8.91. The largest absolute Gasteiger partial charge is 0.493 e. The maximum absolute atomic E-state index is 13.8. The number of nitrogens with zero attached hydrogens (tertiary/aromatic N) is 1. The molecule has 6 heteroatoms. The maximum Gasteiger partial charge on any atom is 0.323 e. The number of aryl methyl sites for hydroxylation is 1. The summed E-state index contributed by atoms with van der Waals surface area (Å²) in [5.41, 5.74) is 3.57. The lowest BCUT2D eigenvalue weighted by Crippen LogP contribution is -2.51. The summed E-state index contributed by atoms with van der Waals surface area (Å²) < 4.78 is 201. The molecule has 2 heterocycles. The molecule has 0 amide bonds. The number of fused-ring (bicyclic) bond motifs is 3. The predicted octanol–water partition coefficient (Wildman–Crippen LogP) is 3.56. The van der Waals surface area contributed by atoms with Crippen molar-refractivity contribution in [1.29, 1.82) is 0 Å². The van der Waals surface area contributed by atoms with Crippen LogP contribution in [0.15, 0.2) is 12.1 Å². The van der Waals surface area contributed by atoms with Gasteiger partial charge in [-0.05, 0) is 47.9 Å². The Morgan fingerprint density at radius 3 is 2.83 bits per heavy atom. The third-order valence-electron chi connectivity index (χ3n) is 4.24. The number of benzene rings is 1. The monoisotopic (exact) mass is 440 g/mol. The van der Waals surface area contributed by atoms with Gasteiger partial charge in [-0.2, -0.15) is 0 Å². The average Bonchev–Trinajstić information content (AvgIpc) is 2.91. The molecule has 0 saturated carbocycles. The van der Waals surface area contributed by atoms with Crippen LogP contribution in [0.3, 0.4) is 0 Å². The first-order chi connectivity index (χ1) is 22.7. The third-order valence-corrected chi connectivity index (χ3v) is 4.24. The van der Waals surface area contributed by atoms with Crippen molar-refractivity contribution >= 4 is 5.97 Å². The topological polar surface area (TPSA) is 74.0 Å². The minimum Gasteiger partial charge on any atom is -0.493 e. The second-order valence-electron chi connectivity index (χ2n) is 6.89. The molecule has 1 aromatic carbocycles. The smallest absolute Gasteiger partial charge is 0.323 e. The van der Waals surface area contributed by atoms with Crippen molar-refractivity contribution in [2.75, 3.05) is 27.1 Å². The minimum absolute atomic E-state index is 0.326. The lowest BCUT2D eigenvalue weighted by molar-refractivity contribution is -0.160. The van der Waals surface area contributed by atoms with Crippen molar-refractivity contribution in [1.82, 2.24) is 4.90 Å². The Morgan fingerprint density at radius 1 is 1.40 bits per heavy atom. The number of hydrogen-bond acceptors (Lipinski definition) is 6. The number of esters is 1. The van der Waals surface area contributed by atoms with Gasteiger partial charge < -0.3 is 19.9 Å². The van der Waals surface area contributed by atoms with Crippen LogP contribution >= 0.6 is 0 Å². The molecule has 1 fully saturated rings. The highest BCUT2D eigenvalue weighted by atomic mass is 16.5. The molecular formula is C24H38N2O4. The van der Waals surface area contributed by atoms with Gasteiger partial charge in [-0.1, -0.05) is 27.6 Å². The first kappa shape index (κ1) is 7.66. The summed E-state index contributed by atoms with van der Waals surface area (Å²) >= 11 is 0. The van der Waals surface area contributed by atoms with Crippen molar-refractivity contribution in [3.05, 3.63) is 23.3 Å². The number of carbonyl (C=O) groups is 1. The standard InChI is InChI=1S/C24H38N2O4/c1-14(2)9-17-13-26-8-7-16-10-21(28-5)22(29-6)11-18(16)19(26)12-20(17)30-24(27)23(25)15(3)4/h10-11,14-15,17,19-20,23H,7-9,12-13,25H2,1-6H3/t17?,19?,20?,23-/m0/s1/i3D3,4D3,6D3,7D2,8D2,12D2,13D2,15D,17D,19D,20D,23D. The highest BCUT2D eigenvalue weighted by Gasteiger charge is 2.41. The van der Waals surface area contributed by atoms with Gasteiger partial charge in [0, 0.05) is 53.2 Å². The summed E-state index contributed by atoms with van der Waals surface area (Å²) in [7, 11) is -2.31. The van der Waals surface area contributed by atoms with E-state index in [1.54, 1.807) is 0 Å². The van der Waals surface area contributed by atoms with Gasteiger partial charge in [0.2, 0.25) is 0 Å². The van der Waals surface area contributed by atoms with Gasteiger partial charge in [-0.3, -0.25) is 9.69 Å². The summed E-state index contributed by atoms with van der Waals surface area (Å²) in [5.74, 6) is -13.0. The molecule has 2 N–H and O–H groups in total. The molecule has 0 aromatic heterocycles. The molecule has 3 rings (SSSR count). The third kappa shape index (κ3) is 4.75. The molecule has 0 bridgehead atoms. The van der Waals surface area contributed by atoms with Crippen LogP contribution in [0.5, 0.6) is 11.5 Å². The molecule has 4 atom stereocenters. The molecule has 2 aliphatic heterocycles. The molecule has 30 heavy (non-hydrogen) atoms. The average molecular weight is 441 g/mol.